The number of carbonyl (C=O) groups is 1. The van der Waals surface area contributed by atoms with Crippen LogP contribution in [-0.4, -0.2) is 36.6 Å². The normalized spacial score (nSPS) is 17.1. The van der Waals surface area contributed by atoms with Crippen molar-refractivity contribution >= 4 is 11.6 Å². The summed E-state index contributed by atoms with van der Waals surface area (Å²) in [5, 5.41) is 2.33. The van der Waals surface area contributed by atoms with Crippen molar-refractivity contribution < 1.29 is 22.4 Å². The smallest absolute Gasteiger partial charge is 0.322 e. The van der Waals surface area contributed by atoms with Gasteiger partial charge in [-0.05, 0) is 12.1 Å². The maximum atomic E-state index is 13.2. The lowest BCUT2D eigenvalue weighted by Crippen LogP contribution is -2.55. The minimum atomic E-state index is -4.21. The molecule has 0 unspecified atom stereocenters. The molecule has 1 aromatic rings. The minimum Gasteiger partial charge on any atom is -0.322 e. The van der Waals surface area contributed by atoms with Gasteiger partial charge in [0.25, 0.3) is 0 Å². The molecular formula is C12H12F4N2O. The summed E-state index contributed by atoms with van der Waals surface area (Å²) in [5.41, 5.74) is 0.0281. The molecule has 0 bridgehead atoms. The average Bonchev–Trinajstić information content (AvgIpc) is 2.24. The van der Waals surface area contributed by atoms with Gasteiger partial charge in [-0.3, -0.25) is 9.69 Å². The maximum Gasteiger partial charge on any atom is 0.394 e. The Morgan fingerprint density at radius 2 is 1.95 bits per heavy atom. The van der Waals surface area contributed by atoms with E-state index in [2.05, 4.69) is 5.32 Å². The highest BCUT2D eigenvalue weighted by molar-refractivity contribution is 5.92. The summed E-state index contributed by atoms with van der Waals surface area (Å²) in [5.74, 6) is -2.47. The molecule has 0 saturated carbocycles. The van der Waals surface area contributed by atoms with Crippen molar-refractivity contribution in [1.29, 1.82) is 0 Å². The summed E-state index contributed by atoms with van der Waals surface area (Å²) in [6, 6.07) is 5.62. The molecule has 0 aromatic heterocycles. The van der Waals surface area contributed by atoms with Crippen LogP contribution in [0, 0.1) is 11.7 Å². The average molecular weight is 276 g/mol. The highest BCUT2D eigenvalue weighted by atomic mass is 19.4. The van der Waals surface area contributed by atoms with Crippen molar-refractivity contribution in [2.24, 2.45) is 5.92 Å². The number of alkyl halides is 3. The third kappa shape index (κ3) is 3.44. The Morgan fingerprint density at radius 1 is 1.32 bits per heavy atom. The molecule has 1 fully saturated rings. The zero-order chi connectivity index (χ0) is 14.0. The third-order valence-electron chi connectivity index (χ3n) is 2.94. The number of carbonyl (C=O) groups excluding carboxylic acids is 1. The lowest BCUT2D eigenvalue weighted by atomic mass is 10.00. The number of anilines is 1. The number of likely N-dealkylation sites (tertiary alicyclic amines) is 1. The van der Waals surface area contributed by atoms with Gasteiger partial charge in [-0.1, -0.05) is 12.1 Å². The fraction of sp³-hybridized carbons (Fsp3) is 0.417. The first-order chi connectivity index (χ1) is 8.86. The number of nitrogens with zero attached hydrogens (tertiary/aromatic N) is 1. The molecule has 19 heavy (non-hydrogen) atoms. The summed E-state index contributed by atoms with van der Waals surface area (Å²) in [7, 11) is 0. The third-order valence-corrected chi connectivity index (χ3v) is 2.94. The van der Waals surface area contributed by atoms with Crippen LogP contribution in [0.25, 0.3) is 0 Å². The molecule has 1 amide bonds. The molecule has 0 atom stereocenters. The zero-order valence-corrected chi connectivity index (χ0v) is 9.88. The lowest BCUT2D eigenvalue weighted by Gasteiger charge is -2.39. The highest BCUT2D eigenvalue weighted by Crippen LogP contribution is 2.33. The van der Waals surface area contributed by atoms with Gasteiger partial charge in [-0.25, -0.2) is 4.39 Å². The number of rotatable bonds is 3. The minimum absolute atomic E-state index is 0.0281. The van der Waals surface area contributed by atoms with Crippen LogP contribution in [0.5, 0.6) is 0 Å². The molecular weight excluding hydrogens is 264 g/mol. The van der Waals surface area contributed by atoms with E-state index >= 15 is 0 Å². The fourth-order valence-corrected chi connectivity index (χ4v) is 1.86. The number of nitrogens with one attached hydrogen (secondary N) is 1. The van der Waals surface area contributed by atoms with Crippen LogP contribution in [0.1, 0.15) is 0 Å². The molecule has 1 aromatic carbocycles. The zero-order valence-electron chi connectivity index (χ0n) is 9.88. The van der Waals surface area contributed by atoms with Crippen molar-refractivity contribution in [2.75, 3.05) is 25.0 Å². The Kier molecular flexibility index (Phi) is 3.75. The first kappa shape index (κ1) is 13.8. The number of hydrogen-bond acceptors (Lipinski definition) is 2. The predicted octanol–water partition coefficient (Wildman–Crippen LogP) is 2.26. The van der Waals surface area contributed by atoms with E-state index in [1.54, 1.807) is 6.07 Å². The van der Waals surface area contributed by atoms with E-state index in [0.29, 0.717) is 0 Å². The molecule has 3 nitrogen and oxygen atoms in total. The molecule has 104 valence electrons. The van der Waals surface area contributed by atoms with Crippen molar-refractivity contribution in [3.8, 4) is 0 Å². The van der Waals surface area contributed by atoms with Gasteiger partial charge in [-0.2, -0.15) is 13.2 Å². The van der Waals surface area contributed by atoms with Gasteiger partial charge in [0.1, 0.15) is 5.82 Å². The molecule has 1 aliphatic heterocycles. The van der Waals surface area contributed by atoms with E-state index in [9.17, 15) is 22.4 Å². The second-order valence-electron chi connectivity index (χ2n) is 4.46. The molecule has 2 rings (SSSR count). The Bertz CT molecular complexity index is 469. The molecule has 0 radical (unpaired) electrons. The lowest BCUT2D eigenvalue weighted by molar-refractivity contribution is -0.208. The number of amides is 1. The van der Waals surface area contributed by atoms with Gasteiger partial charge in [0.2, 0.25) is 5.91 Å². The summed E-state index contributed by atoms with van der Waals surface area (Å²) < 4.78 is 49.9. The van der Waals surface area contributed by atoms with E-state index in [4.69, 9.17) is 0 Å². The molecule has 0 spiro atoms. The van der Waals surface area contributed by atoms with Gasteiger partial charge in [0.15, 0.2) is 0 Å². The van der Waals surface area contributed by atoms with Gasteiger partial charge in [-0.15, -0.1) is 0 Å². The number of hydrogen-bond donors (Lipinski definition) is 1. The van der Waals surface area contributed by atoms with Gasteiger partial charge < -0.3 is 5.32 Å². The quantitative estimate of drug-likeness (QED) is 0.859. The Morgan fingerprint density at radius 3 is 2.53 bits per heavy atom. The van der Waals surface area contributed by atoms with Gasteiger partial charge in [0, 0.05) is 13.1 Å². The first-order valence-corrected chi connectivity index (χ1v) is 5.69. The molecule has 7 heteroatoms. The van der Waals surface area contributed by atoms with E-state index in [1.807, 2.05) is 0 Å². The van der Waals surface area contributed by atoms with Crippen LogP contribution in [0.4, 0.5) is 23.2 Å². The summed E-state index contributed by atoms with van der Waals surface area (Å²) in [6.45, 7) is -0.538. The number of halogens is 4. The number of benzene rings is 1. The van der Waals surface area contributed by atoms with E-state index in [-0.39, 0.29) is 25.3 Å². The van der Waals surface area contributed by atoms with Crippen LogP contribution in [0.2, 0.25) is 0 Å². The Hall–Kier alpha value is -1.63. The van der Waals surface area contributed by atoms with E-state index in [1.165, 1.54) is 23.1 Å². The molecule has 1 N–H and O–H groups in total. The standard InChI is InChI=1S/C12H12F4N2O/c13-9-3-1-2-4-10(9)17-11(19)7-18-5-8(6-18)12(14,15)16/h1-4,8H,5-7H2,(H,17,19). The second-order valence-corrected chi connectivity index (χ2v) is 4.46. The topological polar surface area (TPSA) is 32.3 Å². The Labute approximate surface area is 107 Å². The summed E-state index contributed by atoms with van der Waals surface area (Å²) in [6.07, 6.45) is -4.21. The Balaban J connectivity index is 1.80. The summed E-state index contributed by atoms with van der Waals surface area (Å²) >= 11 is 0. The van der Waals surface area contributed by atoms with Gasteiger partial charge in [0.05, 0.1) is 18.2 Å². The van der Waals surface area contributed by atoms with Crippen LogP contribution >= 0.6 is 0 Å². The van der Waals surface area contributed by atoms with Crippen LogP contribution in [-0.2, 0) is 4.79 Å². The van der Waals surface area contributed by atoms with E-state index in [0.717, 1.165) is 0 Å². The monoisotopic (exact) mass is 276 g/mol. The number of para-hydroxylation sites is 1. The highest BCUT2D eigenvalue weighted by Gasteiger charge is 2.47. The SMILES string of the molecule is O=C(CN1CC(C(F)(F)F)C1)Nc1ccccc1F. The van der Waals surface area contributed by atoms with Crippen LogP contribution < -0.4 is 5.32 Å². The maximum absolute atomic E-state index is 13.2. The fourth-order valence-electron chi connectivity index (χ4n) is 1.86. The molecule has 1 aliphatic rings. The van der Waals surface area contributed by atoms with Crippen molar-refractivity contribution in [1.82, 2.24) is 4.90 Å². The van der Waals surface area contributed by atoms with Gasteiger partial charge >= 0.3 is 6.18 Å². The largest absolute Gasteiger partial charge is 0.394 e. The van der Waals surface area contributed by atoms with Crippen LogP contribution in [0.15, 0.2) is 24.3 Å². The van der Waals surface area contributed by atoms with Crippen molar-refractivity contribution in [3.63, 3.8) is 0 Å². The van der Waals surface area contributed by atoms with Crippen LogP contribution in [0.3, 0.4) is 0 Å². The van der Waals surface area contributed by atoms with Crippen molar-refractivity contribution in [2.45, 2.75) is 6.18 Å². The first-order valence-electron chi connectivity index (χ1n) is 5.69. The second kappa shape index (κ2) is 5.16. The molecule has 0 aliphatic carbocycles. The molecule has 1 saturated heterocycles. The molecule has 1 heterocycles. The summed E-state index contributed by atoms with van der Waals surface area (Å²) in [4.78, 5) is 12.9. The predicted molar refractivity (Wildman–Crippen MR) is 61.0 cm³/mol. The van der Waals surface area contributed by atoms with Crippen molar-refractivity contribution in [3.05, 3.63) is 30.1 Å². The van der Waals surface area contributed by atoms with E-state index < -0.39 is 23.8 Å².